The van der Waals surface area contributed by atoms with Crippen LogP contribution in [0.2, 0.25) is 0 Å². The molecule has 1 saturated carbocycles. The molecule has 2 nitrogen and oxygen atoms in total. The van der Waals surface area contributed by atoms with Gasteiger partial charge in [0.25, 0.3) is 0 Å². The molecule has 0 saturated heterocycles. The predicted octanol–water partition coefficient (Wildman–Crippen LogP) is 3.70. The van der Waals surface area contributed by atoms with Crippen LogP contribution in [0.15, 0.2) is 0 Å². The molecular formula is C14H24N2S2. The second-order valence-electron chi connectivity index (χ2n) is 5.31. The van der Waals surface area contributed by atoms with Crippen LogP contribution < -0.4 is 5.73 Å². The molecule has 1 heterocycles. The highest BCUT2D eigenvalue weighted by Crippen LogP contribution is 2.28. The molecule has 102 valence electrons. The lowest BCUT2D eigenvalue weighted by Crippen LogP contribution is -2.27. The molecule has 0 aromatic carbocycles. The molecule has 0 spiro atoms. The second-order valence-corrected chi connectivity index (χ2v) is 7.93. The maximum Gasteiger partial charge on any atom is 0.0946 e. The summed E-state index contributed by atoms with van der Waals surface area (Å²) in [6.07, 6.45) is 8.00. The van der Waals surface area contributed by atoms with Gasteiger partial charge < -0.3 is 5.73 Å². The average molecular weight is 284 g/mol. The van der Waals surface area contributed by atoms with Gasteiger partial charge in [0, 0.05) is 28.3 Å². The van der Waals surface area contributed by atoms with Crippen LogP contribution in [-0.2, 0) is 6.42 Å². The zero-order valence-corrected chi connectivity index (χ0v) is 13.1. The van der Waals surface area contributed by atoms with E-state index in [4.69, 9.17) is 5.73 Å². The van der Waals surface area contributed by atoms with Crippen LogP contribution in [0.4, 0.5) is 0 Å². The first-order valence-corrected chi connectivity index (χ1v) is 8.81. The van der Waals surface area contributed by atoms with E-state index in [0.717, 1.165) is 17.4 Å². The van der Waals surface area contributed by atoms with Crippen LogP contribution in [0.25, 0.3) is 0 Å². The molecular weight excluding hydrogens is 260 g/mol. The van der Waals surface area contributed by atoms with E-state index in [0.29, 0.717) is 0 Å². The summed E-state index contributed by atoms with van der Waals surface area (Å²) >= 11 is 3.89. The summed E-state index contributed by atoms with van der Waals surface area (Å²) in [4.78, 5) is 5.90. The summed E-state index contributed by atoms with van der Waals surface area (Å²) in [6, 6.07) is 0.266. The Balaban J connectivity index is 1.72. The molecule has 1 fully saturated rings. The highest BCUT2D eigenvalue weighted by atomic mass is 32.2. The minimum Gasteiger partial charge on any atom is -0.327 e. The predicted molar refractivity (Wildman–Crippen MR) is 82.6 cm³/mol. The van der Waals surface area contributed by atoms with Gasteiger partial charge in [0.15, 0.2) is 0 Å². The highest BCUT2D eigenvalue weighted by molar-refractivity contribution is 7.99. The Morgan fingerprint density at radius 1 is 1.33 bits per heavy atom. The first-order chi connectivity index (χ1) is 8.65. The Kier molecular flexibility index (Phi) is 5.52. The molecule has 0 amide bonds. The van der Waals surface area contributed by atoms with Gasteiger partial charge in [-0.05, 0) is 26.7 Å². The maximum atomic E-state index is 6.23. The lowest BCUT2D eigenvalue weighted by molar-refractivity contribution is 0.515. The highest BCUT2D eigenvalue weighted by Gasteiger charge is 2.16. The fourth-order valence-electron chi connectivity index (χ4n) is 2.40. The van der Waals surface area contributed by atoms with E-state index in [2.05, 4.69) is 30.6 Å². The number of rotatable bonds is 5. The van der Waals surface area contributed by atoms with Crippen molar-refractivity contribution in [3.05, 3.63) is 15.6 Å². The van der Waals surface area contributed by atoms with Gasteiger partial charge in [0.1, 0.15) is 0 Å². The quantitative estimate of drug-likeness (QED) is 0.896. The first kappa shape index (κ1) is 14.4. The standard InChI is InChI=1S/C14H24N2S2/c1-10-11(2)18-14(16-10)8-12(15)9-17-13-6-4-3-5-7-13/h12-13H,3-9,15H2,1-2H3. The molecule has 1 aliphatic carbocycles. The molecule has 1 unspecified atom stereocenters. The Bertz CT molecular complexity index is 350. The van der Waals surface area contributed by atoms with Gasteiger partial charge in [-0.15, -0.1) is 11.3 Å². The molecule has 1 aromatic rings. The van der Waals surface area contributed by atoms with Gasteiger partial charge in [-0.1, -0.05) is 19.3 Å². The van der Waals surface area contributed by atoms with Crippen molar-refractivity contribution in [1.29, 1.82) is 0 Å². The molecule has 2 rings (SSSR count). The van der Waals surface area contributed by atoms with Crippen LogP contribution in [0, 0.1) is 13.8 Å². The zero-order chi connectivity index (χ0) is 13.0. The summed E-state index contributed by atoms with van der Waals surface area (Å²) in [7, 11) is 0. The first-order valence-electron chi connectivity index (χ1n) is 6.95. The SMILES string of the molecule is Cc1nc(CC(N)CSC2CCCCC2)sc1C. The minimum atomic E-state index is 0.266. The number of thioether (sulfide) groups is 1. The van der Waals surface area contributed by atoms with Crippen LogP contribution in [0.5, 0.6) is 0 Å². The van der Waals surface area contributed by atoms with Crippen molar-refractivity contribution in [2.75, 3.05) is 5.75 Å². The number of hydrogen-bond acceptors (Lipinski definition) is 4. The molecule has 0 bridgehead atoms. The Morgan fingerprint density at radius 2 is 2.06 bits per heavy atom. The molecule has 18 heavy (non-hydrogen) atoms. The molecule has 4 heteroatoms. The molecule has 0 aliphatic heterocycles. The van der Waals surface area contributed by atoms with E-state index in [1.165, 1.54) is 47.7 Å². The Labute approximate surface area is 119 Å². The summed E-state index contributed by atoms with van der Waals surface area (Å²) in [5, 5.41) is 2.08. The number of nitrogens with two attached hydrogens (primary N) is 1. The molecule has 0 radical (unpaired) electrons. The smallest absolute Gasteiger partial charge is 0.0946 e. The normalized spacial score (nSPS) is 19.1. The lowest BCUT2D eigenvalue weighted by atomic mass is 10.0. The third kappa shape index (κ3) is 4.25. The Hall–Kier alpha value is -0.0600. The average Bonchev–Trinajstić information content (AvgIpc) is 2.67. The van der Waals surface area contributed by atoms with E-state index in [1.807, 2.05) is 0 Å². The van der Waals surface area contributed by atoms with Crippen LogP contribution in [0.3, 0.4) is 0 Å². The van der Waals surface area contributed by atoms with Gasteiger partial charge in [-0.2, -0.15) is 11.8 Å². The molecule has 1 atom stereocenters. The number of aromatic nitrogens is 1. The monoisotopic (exact) mass is 284 g/mol. The van der Waals surface area contributed by atoms with E-state index in [-0.39, 0.29) is 6.04 Å². The van der Waals surface area contributed by atoms with Crippen molar-refractivity contribution < 1.29 is 0 Å². The van der Waals surface area contributed by atoms with E-state index < -0.39 is 0 Å². The van der Waals surface area contributed by atoms with Crippen molar-refractivity contribution in [3.63, 3.8) is 0 Å². The summed E-state index contributed by atoms with van der Waals surface area (Å²) < 4.78 is 0. The summed E-state index contributed by atoms with van der Waals surface area (Å²) in [6.45, 7) is 4.22. The van der Waals surface area contributed by atoms with Gasteiger partial charge >= 0.3 is 0 Å². The van der Waals surface area contributed by atoms with Gasteiger partial charge in [-0.25, -0.2) is 4.98 Å². The van der Waals surface area contributed by atoms with Crippen molar-refractivity contribution in [2.24, 2.45) is 5.73 Å². The molecule has 1 aromatic heterocycles. The second kappa shape index (κ2) is 6.92. The number of hydrogen-bond donors (Lipinski definition) is 1. The fourth-order valence-corrected chi connectivity index (χ4v) is 4.73. The van der Waals surface area contributed by atoms with E-state index >= 15 is 0 Å². The van der Waals surface area contributed by atoms with Crippen LogP contribution in [-0.4, -0.2) is 22.0 Å². The van der Waals surface area contributed by atoms with Crippen molar-refractivity contribution in [3.8, 4) is 0 Å². The summed E-state index contributed by atoms with van der Waals surface area (Å²) in [5.41, 5.74) is 7.40. The molecule has 2 N–H and O–H groups in total. The fraction of sp³-hybridized carbons (Fsp3) is 0.786. The van der Waals surface area contributed by atoms with Crippen LogP contribution in [0.1, 0.15) is 47.7 Å². The van der Waals surface area contributed by atoms with Crippen molar-refractivity contribution in [1.82, 2.24) is 4.98 Å². The zero-order valence-electron chi connectivity index (χ0n) is 11.4. The number of aryl methyl sites for hydroxylation is 2. The summed E-state index contributed by atoms with van der Waals surface area (Å²) in [5.74, 6) is 1.09. The van der Waals surface area contributed by atoms with E-state index in [1.54, 1.807) is 11.3 Å². The largest absolute Gasteiger partial charge is 0.327 e. The number of nitrogens with zero attached hydrogens (tertiary/aromatic N) is 1. The van der Waals surface area contributed by atoms with Crippen LogP contribution >= 0.6 is 23.1 Å². The topological polar surface area (TPSA) is 38.9 Å². The Morgan fingerprint density at radius 3 is 2.67 bits per heavy atom. The number of thiazole rings is 1. The lowest BCUT2D eigenvalue weighted by Gasteiger charge is -2.22. The van der Waals surface area contributed by atoms with Gasteiger partial charge in [0.2, 0.25) is 0 Å². The maximum absolute atomic E-state index is 6.23. The molecule has 1 aliphatic rings. The van der Waals surface area contributed by atoms with Crippen molar-refractivity contribution in [2.45, 2.75) is 63.7 Å². The van der Waals surface area contributed by atoms with Gasteiger partial charge in [0.05, 0.1) is 10.7 Å². The van der Waals surface area contributed by atoms with Crippen molar-refractivity contribution >= 4 is 23.1 Å². The van der Waals surface area contributed by atoms with Gasteiger partial charge in [-0.3, -0.25) is 0 Å². The third-order valence-corrected chi connectivity index (χ3v) is 6.27. The minimum absolute atomic E-state index is 0.266. The third-order valence-electron chi connectivity index (χ3n) is 3.61. The van der Waals surface area contributed by atoms with E-state index in [9.17, 15) is 0 Å².